The number of hydrogen-bond donors (Lipinski definition) is 1. The molecule has 0 saturated carbocycles. The average Bonchev–Trinajstić information content (AvgIpc) is 3.16. The monoisotopic (exact) mass is 403 g/mol. The number of amides is 2. The third kappa shape index (κ3) is 5.13. The van der Waals surface area contributed by atoms with Crippen LogP contribution in [0, 0.1) is 0 Å². The van der Waals surface area contributed by atoms with E-state index in [4.69, 9.17) is 9.72 Å². The minimum Gasteiger partial charge on any atom is -0.497 e. The topological polar surface area (TPSA) is 70.6 Å². The van der Waals surface area contributed by atoms with Gasteiger partial charge in [0.25, 0.3) is 0 Å². The Morgan fingerprint density at radius 3 is 3.00 bits per heavy atom. The summed E-state index contributed by atoms with van der Waals surface area (Å²) in [4.78, 5) is 21.2. The van der Waals surface area contributed by atoms with Crippen molar-refractivity contribution >= 4 is 22.7 Å². The van der Waals surface area contributed by atoms with E-state index in [-0.39, 0.29) is 12.1 Å². The van der Waals surface area contributed by atoms with Crippen LogP contribution in [-0.4, -0.2) is 59.6 Å². The van der Waals surface area contributed by atoms with Crippen LogP contribution in [-0.2, 0) is 6.42 Å². The zero-order valence-corrected chi connectivity index (χ0v) is 17.7. The molecule has 2 heterocycles. The molecule has 7 nitrogen and oxygen atoms in total. The largest absolute Gasteiger partial charge is 0.497 e. The lowest BCUT2D eigenvalue weighted by Gasteiger charge is -2.39. The first-order valence-electron chi connectivity index (χ1n) is 9.85. The highest BCUT2D eigenvalue weighted by Gasteiger charge is 2.28. The predicted molar refractivity (Wildman–Crippen MR) is 112 cm³/mol. The number of hydrogen-bond acceptors (Lipinski definition) is 6. The average molecular weight is 404 g/mol. The standard InChI is InChI=1S/C20H29N5O2S/c1-4-5-9-21-19(26)25-11-10-24(14-15(25)2)20-22-18(23-28-20)13-16-7-6-8-17(12-16)27-3/h6-8,12,15H,4-5,9-11,13-14H2,1-3H3,(H,21,26)/t15-/m1/s1. The number of nitrogens with one attached hydrogen (secondary N) is 1. The van der Waals surface area contributed by atoms with Gasteiger partial charge in [0.2, 0.25) is 5.13 Å². The molecular weight excluding hydrogens is 374 g/mol. The molecule has 152 valence electrons. The summed E-state index contributed by atoms with van der Waals surface area (Å²) in [7, 11) is 1.67. The molecule has 3 rings (SSSR count). The minimum absolute atomic E-state index is 0.0385. The quantitative estimate of drug-likeness (QED) is 0.719. The van der Waals surface area contributed by atoms with E-state index < -0.39 is 0 Å². The molecule has 0 unspecified atom stereocenters. The number of ether oxygens (including phenoxy) is 1. The van der Waals surface area contributed by atoms with E-state index >= 15 is 0 Å². The smallest absolute Gasteiger partial charge is 0.317 e. The summed E-state index contributed by atoms with van der Waals surface area (Å²) in [6.45, 7) is 7.20. The number of carbonyl (C=O) groups is 1. The van der Waals surface area contributed by atoms with Crippen LogP contribution in [0.5, 0.6) is 5.75 Å². The van der Waals surface area contributed by atoms with E-state index in [2.05, 4.69) is 34.5 Å². The second-order valence-electron chi connectivity index (χ2n) is 7.10. The molecule has 1 aromatic carbocycles. The maximum atomic E-state index is 12.3. The predicted octanol–water partition coefficient (Wildman–Crippen LogP) is 3.16. The fourth-order valence-corrected chi connectivity index (χ4v) is 4.04. The van der Waals surface area contributed by atoms with E-state index in [1.807, 2.05) is 23.1 Å². The van der Waals surface area contributed by atoms with Gasteiger partial charge in [-0.1, -0.05) is 25.5 Å². The molecule has 1 saturated heterocycles. The number of methoxy groups -OCH3 is 1. The zero-order chi connectivity index (χ0) is 19.9. The molecule has 8 heteroatoms. The lowest BCUT2D eigenvalue weighted by molar-refractivity contribution is 0.171. The van der Waals surface area contributed by atoms with Crippen molar-refractivity contribution in [1.29, 1.82) is 0 Å². The van der Waals surface area contributed by atoms with Crippen LogP contribution in [0.25, 0.3) is 0 Å². The highest BCUT2D eigenvalue weighted by molar-refractivity contribution is 7.09. The molecule has 0 spiro atoms. The molecule has 2 aromatic rings. The number of unbranched alkanes of at least 4 members (excludes halogenated alkanes) is 1. The van der Waals surface area contributed by atoms with Gasteiger partial charge in [-0.3, -0.25) is 0 Å². The summed E-state index contributed by atoms with van der Waals surface area (Å²) in [5.74, 6) is 1.66. The lowest BCUT2D eigenvalue weighted by atomic mass is 10.1. The van der Waals surface area contributed by atoms with Gasteiger partial charge < -0.3 is 19.9 Å². The highest BCUT2D eigenvalue weighted by atomic mass is 32.1. The first-order valence-corrected chi connectivity index (χ1v) is 10.6. The second-order valence-corrected chi connectivity index (χ2v) is 7.83. The van der Waals surface area contributed by atoms with Gasteiger partial charge in [-0.15, -0.1) is 0 Å². The Morgan fingerprint density at radius 1 is 1.39 bits per heavy atom. The Morgan fingerprint density at radius 2 is 2.25 bits per heavy atom. The number of piperazine rings is 1. The second kappa shape index (κ2) is 9.73. The van der Waals surface area contributed by atoms with Crippen molar-refractivity contribution < 1.29 is 9.53 Å². The summed E-state index contributed by atoms with van der Waals surface area (Å²) in [5.41, 5.74) is 1.13. The van der Waals surface area contributed by atoms with E-state index in [1.54, 1.807) is 7.11 Å². The molecule has 2 amide bonds. The number of aromatic nitrogens is 2. The maximum Gasteiger partial charge on any atom is 0.317 e. The fraction of sp³-hybridized carbons (Fsp3) is 0.550. The summed E-state index contributed by atoms with van der Waals surface area (Å²) < 4.78 is 9.81. The molecular formula is C20H29N5O2S. The minimum atomic E-state index is 0.0385. The Bertz CT molecular complexity index is 781. The molecule has 1 atom stereocenters. The maximum absolute atomic E-state index is 12.3. The highest BCUT2D eigenvalue weighted by Crippen LogP contribution is 2.23. The molecule has 0 aliphatic carbocycles. The summed E-state index contributed by atoms with van der Waals surface area (Å²) >= 11 is 1.43. The van der Waals surface area contributed by atoms with Gasteiger partial charge in [0.15, 0.2) is 0 Å². The SMILES string of the molecule is CCCCNC(=O)N1CCN(c2nc(Cc3cccc(OC)c3)ns2)C[C@H]1C. The van der Waals surface area contributed by atoms with E-state index in [0.717, 1.165) is 54.7 Å². The van der Waals surface area contributed by atoms with E-state index in [0.29, 0.717) is 13.0 Å². The number of nitrogens with zero attached hydrogens (tertiary/aromatic N) is 4. The van der Waals surface area contributed by atoms with Crippen LogP contribution in [0.1, 0.15) is 38.1 Å². The summed E-state index contributed by atoms with van der Waals surface area (Å²) in [6.07, 6.45) is 2.78. The third-order valence-electron chi connectivity index (χ3n) is 4.92. The Kier molecular flexibility index (Phi) is 7.08. The van der Waals surface area contributed by atoms with Crippen molar-refractivity contribution in [2.75, 3.05) is 38.2 Å². The van der Waals surface area contributed by atoms with Crippen molar-refractivity contribution in [2.24, 2.45) is 0 Å². The van der Waals surface area contributed by atoms with E-state index in [9.17, 15) is 4.79 Å². The van der Waals surface area contributed by atoms with Crippen LogP contribution >= 0.6 is 11.5 Å². The first-order chi connectivity index (χ1) is 13.6. The summed E-state index contributed by atoms with van der Waals surface area (Å²) in [5, 5.41) is 3.94. The Balaban J connectivity index is 1.56. The first kappa shape index (κ1) is 20.4. The molecule has 0 bridgehead atoms. The number of rotatable bonds is 7. The molecule has 0 radical (unpaired) electrons. The van der Waals surface area contributed by atoms with Gasteiger partial charge in [0.05, 0.1) is 7.11 Å². The van der Waals surface area contributed by atoms with Crippen LogP contribution in [0.4, 0.5) is 9.93 Å². The van der Waals surface area contributed by atoms with Crippen LogP contribution in [0.2, 0.25) is 0 Å². The number of carbonyl (C=O) groups excluding carboxylic acids is 1. The zero-order valence-electron chi connectivity index (χ0n) is 16.9. The molecule has 1 aliphatic heterocycles. The Labute approximate surface area is 170 Å². The van der Waals surface area contributed by atoms with Gasteiger partial charge in [0.1, 0.15) is 11.6 Å². The fourth-order valence-electron chi connectivity index (χ4n) is 3.32. The van der Waals surface area contributed by atoms with Crippen molar-refractivity contribution in [1.82, 2.24) is 19.6 Å². The number of benzene rings is 1. The van der Waals surface area contributed by atoms with E-state index in [1.165, 1.54) is 11.5 Å². The number of anilines is 1. The number of urea groups is 1. The van der Waals surface area contributed by atoms with Crippen LogP contribution < -0.4 is 15.0 Å². The molecule has 1 aliphatic rings. The summed E-state index contributed by atoms with van der Waals surface area (Å²) in [6, 6.07) is 8.16. The van der Waals surface area contributed by atoms with Crippen molar-refractivity contribution in [3.63, 3.8) is 0 Å². The lowest BCUT2D eigenvalue weighted by Crippen LogP contribution is -2.56. The molecule has 1 fully saturated rings. The van der Waals surface area contributed by atoms with Gasteiger partial charge in [0, 0.05) is 50.2 Å². The molecule has 1 N–H and O–H groups in total. The van der Waals surface area contributed by atoms with Gasteiger partial charge >= 0.3 is 6.03 Å². The van der Waals surface area contributed by atoms with Gasteiger partial charge in [-0.25, -0.2) is 9.78 Å². The van der Waals surface area contributed by atoms with Crippen molar-refractivity contribution in [3.05, 3.63) is 35.7 Å². The van der Waals surface area contributed by atoms with Crippen LogP contribution in [0.3, 0.4) is 0 Å². The normalized spacial score (nSPS) is 16.9. The molecule has 1 aromatic heterocycles. The van der Waals surface area contributed by atoms with Crippen LogP contribution in [0.15, 0.2) is 24.3 Å². The van der Waals surface area contributed by atoms with Crippen molar-refractivity contribution in [3.8, 4) is 5.75 Å². The van der Waals surface area contributed by atoms with Gasteiger partial charge in [-0.05, 0) is 31.0 Å². The third-order valence-corrected chi connectivity index (χ3v) is 5.73. The van der Waals surface area contributed by atoms with Gasteiger partial charge in [-0.2, -0.15) is 4.37 Å². The molecule has 28 heavy (non-hydrogen) atoms. The van der Waals surface area contributed by atoms with Crippen molar-refractivity contribution in [2.45, 2.75) is 39.2 Å². The Hall–Kier alpha value is -2.35.